The predicted molar refractivity (Wildman–Crippen MR) is 106 cm³/mol. The summed E-state index contributed by atoms with van der Waals surface area (Å²) < 4.78 is 2.46. The van der Waals surface area contributed by atoms with Gasteiger partial charge in [-0.25, -0.2) is 9.55 Å². The van der Waals surface area contributed by atoms with Crippen LogP contribution in [0, 0.1) is 10.1 Å². The number of amides is 1. The number of nitrogens with zero attached hydrogens (tertiary/aromatic N) is 4. The maximum absolute atomic E-state index is 11.6. The lowest BCUT2D eigenvalue weighted by atomic mass is 10.0. The van der Waals surface area contributed by atoms with E-state index >= 15 is 0 Å². The molecule has 9 heteroatoms. The van der Waals surface area contributed by atoms with Gasteiger partial charge in [-0.05, 0) is 22.6 Å². The molecule has 0 fully saturated rings. The zero-order chi connectivity index (χ0) is 19.7. The summed E-state index contributed by atoms with van der Waals surface area (Å²) >= 11 is 1.59. The average molecular weight is 393 g/mol. The number of para-hydroxylation sites is 1. The Morgan fingerprint density at radius 1 is 1.21 bits per heavy atom. The van der Waals surface area contributed by atoms with Crippen molar-refractivity contribution in [2.75, 3.05) is 0 Å². The summed E-state index contributed by atoms with van der Waals surface area (Å²) in [5, 5.41) is 12.1. The van der Waals surface area contributed by atoms with E-state index in [-0.39, 0.29) is 12.4 Å². The lowest BCUT2D eigenvalue weighted by molar-refractivity contribution is -0.397. The van der Waals surface area contributed by atoms with Crippen molar-refractivity contribution in [1.29, 1.82) is 0 Å². The highest BCUT2D eigenvalue weighted by Crippen LogP contribution is 2.32. The summed E-state index contributed by atoms with van der Waals surface area (Å²) in [6.45, 7) is 0. The summed E-state index contributed by atoms with van der Waals surface area (Å²) in [7, 11) is 0. The molecule has 0 bridgehead atoms. The third kappa shape index (κ3) is 3.35. The highest BCUT2D eigenvalue weighted by Gasteiger charge is 2.26. The Kier molecular flexibility index (Phi) is 4.58. The van der Waals surface area contributed by atoms with Gasteiger partial charge in [-0.15, -0.1) is 11.3 Å². The lowest BCUT2D eigenvalue weighted by Gasteiger charge is -2.15. The summed E-state index contributed by atoms with van der Waals surface area (Å²) in [5.74, 6) is -0.884. The van der Waals surface area contributed by atoms with E-state index in [0.717, 1.165) is 26.4 Å². The van der Waals surface area contributed by atoms with Gasteiger partial charge < -0.3 is 15.8 Å². The minimum absolute atomic E-state index is 0.0717. The number of hydrogen-bond acceptors (Lipinski definition) is 6. The van der Waals surface area contributed by atoms with Gasteiger partial charge in [-0.2, -0.15) is 0 Å². The number of aromatic nitrogens is 3. The van der Waals surface area contributed by atoms with Gasteiger partial charge in [0.15, 0.2) is 0 Å². The van der Waals surface area contributed by atoms with Crippen molar-refractivity contribution in [2.45, 2.75) is 12.5 Å². The molecular formula is C19H15N5O3S. The highest BCUT2D eigenvalue weighted by atomic mass is 32.1. The topological polar surface area (TPSA) is 117 Å². The molecule has 0 aliphatic rings. The number of primary amides is 1. The molecule has 28 heavy (non-hydrogen) atoms. The van der Waals surface area contributed by atoms with Crippen molar-refractivity contribution in [1.82, 2.24) is 14.5 Å². The molecule has 0 aliphatic carbocycles. The number of nitro groups is 1. The molecule has 0 saturated heterocycles. The Bertz CT molecular complexity index is 1130. The number of imidazole rings is 1. The van der Waals surface area contributed by atoms with Crippen molar-refractivity contribution >= 4 is 33.4 Å². The Morgan fingerprint density at radius 3 is 2.64 bits per heavy atom. The second kappa shape index (κ2) is 7.20. The fourth-order valence-electron chi connectivity index (χ4n) is 3.10. The standard InChI is InChI=1S/C19H15N5O3S/c20-17(25)11-15(23-10-9-21-19(23)24(26)27)12-5-7-13(8-6-12)18-22-14-3-1-2-4-16(14)28-18/h1-10,15H,11H2,(H2,20,25). The van der Waals surface area contributed by atoms with Gasteiger partial charge in [-0.3, -0.25) is 4.79 Å². The van der Waals surface area contributed by atoms with E-state index < -0.39 is 16.9 Å². The molecule has 0 aliphatic heterocycles. The Morgan fingerprint density at radius 2 is 1.96 bits per heavy atom. The molecule has 1 atom stereocenters. The van der Waals surface area contributed by atoms with Gasteiger partial charge in [0.2, 0.25) is 5.91 Å². The number of thiazole rings is 1. The van der Waals surface area contributed by atoms with Gasteiger partial charge in [0.25, 0.3) is 0 Å². The van der Waals surface area contributed by atoms with E-state index in [1.165, 1.54) is 17.0 Å². The third-order valence-corrected chi connectivity index (χ3v) is 5.46. The minimum Gasteiger partial charge on any atom is -0.390 e. The summed E-state index contributed by atoms with van der Waals surface area (Å²) in [6, 6.07) is 14.7. The SMILES string of the molecule is NC(=O)CC(c1ccc(-c2nc3ccccc3s2)cc1)n1ccnc1[N+](=O)[O-]. The summed E-state index contributed by atoms with van der Waals surface area (Å²) in [4.78, 5) is 30.6. The quantitative estimate of drug-likeness (QED) is 0.397. The van der Waals surface area contributed by atoms with Crippen molar-refractivity contribution in [3.8, 4) is 10.6 Å². The van der Waals surface area contributed by atoms with Crippen LogP contribution in [0.5, 0.6) is 0 Å². The molecule has 1 amide bonds. The molecule has 0 saturated carbocycles. The van der Waals surface area contributed by atoms with E-state index in [0.29, 0.717) is 0 Å². The van der Waals surface area contributed by atoms with Crippen LogP contribution < -0.4 is 5.73 Å². The van der Waals surface area contributed by atoms with Crippen LogP contribution in [0.25, 0.3) is 20.8 Å². The molecule has 8 nitrogen and oxygen atoms in total. The summed E-state index contributed by atoms with van der Waals surface area (Å²) in [5.41, 5.74) is 7.97. The molecule has 2 aromatic heterocycles. The third-order valence-electron chi connectivity index (χ3n) is 4.38. The zero-order valence-corrected chi connectivity index (χ0v) is 15.4. The van der Waals surface area contributed by atoms with E-state index in [2.05, 4.69) is 9.97 Å². The Hall–Kier alpha value is -3.59. The molecule has 2 N–H and O–H groups in total. The van der Waals surface area contributed by atoms with E-state index in [1.54, 1.807) is 11.3 Å². The molecule has 4 aromatic rings. The Labute approximate surface area is 163 Å². The number of carbonyl (C=O) groups excluding carboxylic acids is 1. The molecule has 1 unspecified atom stereocenters. The number of fused-ring (bicyclic) bond motifs is 1. The van der Waals surface area contributed by atoms with Gasteiger partial charge >= 0.3 is 5.95 Å². The van der Waals surface area contributed by atoms with Crippen LogP contribution in [0.2, 0.25) is 0 Å². The van der Waals surface area contributed by atoms with E-state index in [1.807, 2.05) is 48.5 Å². The number of nitrogens with two attached hydrogens (primary N) is 1. The van der Waals surface area contributed by atoms with Crippen molar-refractivity contribution in [2.24, 2.45) is 5.73 Å². The number of benzene rings is 2. The van der Waals surface area contributed by atoms with Crippen molar-refractivity contribution in [3.63, 3.8) is 0 Å². The molecule has 0 radical (unpaired) electrons. The maximum atomic E-state index is 11.6. The fraction of sp³-hybridized carbons (Fsp3) is 0.105. The van der Waals surface area contributed by atoms with Crippen LogP contribution in [-0.2, 0) is 4.79 Å². The van der Waals surface area contributed by atoms with Gasteiger partial charge in [-0.1, -0.05) is 41.4 Å². The number of hydrogen-bond donors (Lipinski definition) is 1. The second-order valence-corrected chi connectivity index (χ2v) is 7.22. The fourth-order valence-corrected chi connectivity index (χ4v) is 4.07. The molecule has 4 rings (SSSR count). The number of carbonyl (C=O) groups is 1. The molecule has 0 spiro atoms. The first kappa shape index (κ1) is 17.8. The van der Waals surface area contributed by atoms with Crippen LogP contribution in [0.15, 0.2) is 60.9 Å². The number of rotatable bonds is 6. The highest BCUT2D eigenvalue weighted by molar-refractivity contribution is 7.21. The van der Waals surface area contributed by atoms with Crippen LogP contribution >= 0.6 is 11.3 Å². The van der Waals surface area contributed by atoms with Crippen LogP contribution in [0.3, 0.4) is 0 Å². The van der Waals surface area contributed by atoms with E-state index in [4.69, 9.17) is 5.73 Å². The van der Waals surface area contributed by atoms with E-state index in [9.17, 15) is 14.9 Å². The first-order valence-electron chi connectivity index (χ1n) is 8.44. The maximum Gasteiger partial charge on any atom is 0.435 e. The van der Waals surface area contributed by atoms with Crippen LogP contribution in [0.1, 0.15) is 18.0 Å². The summed E-state index contributed by atoms with van der Waals surface area (Å²) in [6.07, 6.45) is 2.74. The predicted octanol–water partition coefficient (Wildman–Crippen LogP) is 3.53. The minimum atomic E-state index is -0.607. The Balaban J connectivity index is 1.70. The second-order valence-electron chi connectivity index (χ2n) is 6.19. The van der Waals surface area contributed by atoms with Crippen molar-refractivity contribution < 1.29 is 9.72 Å². The van der Waals surface area contributed by atoms with Crippen LogP contribution in [0.4, 0.5) is 5.95 Å². The molecule has 140 valence electrons. The van der Waals surface area contributed by atoms with Gasteiger partial charge in [0.05, 0.1) is 16.6 Å². The van der Waals surface area contributed by atoms with Crippen LogP contribution in [-0.4, -0.2) is 25.4 Å². The van der Waals surface area contributed by atoms with Gasteiger partial charge in [0.1, 0.15) is 23.4 Å². The molecular weight excluding hydrogens is 378 g/mol. The van der Waals surface area contributed by atoms with Crippen molar-refractivity contribution in [3.05, 3.63) is 76.6 Å². The average Bonchev–Trinajstić information content (AvgIpc) is 3.33. The zero-order valence-electron chi connectivity index (χ0n) is 14.6. The largest absolute Gasteiger partial charge is 0.435 e. The van der Waals surface area contributed by atoms with Gasteiger partial charge in [0, 0.05) is 5.56 Å². The smallest absolute Gasteiger partial charge is 0.390 e. The first-order chi connectivity index (χ1) is 13.5. The molecule has 2 heterocycles. The molecule has 2 aromatic carbocycles. The lowest BCUT2D eigenvalue weighted by Crippen LogP contribution is -2.21. The monoisotopic (exact) mass is 393 g/mol. The first-order valence-corrected chi connectivity index (χ1v) is 9.26. The normalized spacial score (nSPS) is 12.1.